The molecule has 1 fully saturated rings. The third kappa shape index (κ3) is 2.86. The highest BCUT2D eigenvalue weighted by Gasteiger charge is 2.26. The van der Waals surface area contributed by atoms with Crippen molar-refractivity contribution < 1.29 is 8.78 Å². The molecule has 4 heteroatoms. The average Bonchev–Trinajstić information content (AvgIpc) is 2.38. The number of nitrogens with one attached hydrogen (secondary N) is 1. The number of hydrogen-bond donors (Lipinski definition) is 1. The lowest BCUT2D eigenvalue weighted by Crippen LogP contribution is -2.33. The summed E-state index contributed by atoms with van der Waals surface area (Å²) in [6, 6.07) is 4.57. The third-order valence-electron chi connectivity index (χ3n) is 3.98. The van der Waals surface area contributed by atoms with Crippen molar-refractivity contribution in [1.82, 2.24) is 0 Å². The van der Waals surface area contributed by atoms with Crippen LogP contribution in [0.15, 0.2) is 12.1 Å². The standard InChI is InChI=1S/C15H18F2N2/c1-9-3-5-12(10(2)7-9)19-13-6-4-11(8-18)14(16)15(13)17/h4,6,9-10,12,19H,3,5,7H2,1-2H3. The Morgan fingerprint density at radius 3 is 2.58 bits per heavy atom. The fourth-order valence-corrected chi connectivity index (χ4v) is 2.83. The molecule has 19 heavy (non-hydrogen) atoms. The second kappa shape index (κ2) is 5.56. The van der Waals surface area contributed by atoms with E-state index in [-0.39, 0.29) is 17.3 Å². The van der Waals surface area contributed by atoms with Gasteiger partial charge < -0.3 is 5.32 Å². The monoisotopic (exact) mass is 264 g/mol. The van der Waals surface area contributed by atoms with E-state index in [9.17, 15) is 8.78 Å². The molecule has 3 unspecified atom stereocenters. The molecule has 0 amide bonds. The van der Waals surface area contributed by atoms with E-state index in [1.54, 1.807) is 6.07 Å². The molecular weight excluding hydrogens is 246 g/mol. The minimum Gasteiger partial charge on any atom is -0.380 e. The zero-order valence-electron chi connectivity index (χ0n) is 11.2. The largest absolute Gasteiger partial charge is 0.380 e. The molecule has 0 heterocycles. The van der Waals surface area contributed by atoms with Gasteiger partial charge in [0.2, 0.25) is 0 Å². The van der Waals surface area contributed by atoms with Gasteiger partial charge in [0.1, 0.15) is 6.07 Å². The maximum absolute atomic E-state index is 13.8. The van der Waals surface area contributed by atoms with E-state index in [1.807, 2.05) is 0 Å². The number of halogens is 2. The number of nitrogens with zero attached hydrogens (tertiary/aromatic N) is 1. The summed E-state index contributed by atoms with van der Waals surface area (Å²) in [5.41, 5.74) is -0.101. The summed E-state index contributed by atoms with van der Waals surface area (Å²) in [5.74, 6) is -0.897. The Morgan fingerprint density at radius 2 is 1.95 bits per heavy atom. The molecule has 1 N–H and O–H groups in total. The number of nitriles is 1. The summed E-state index contributed by atoms with van der Waals surface area (Å²) in [6.45, 7) is 4.35. The van der Waals surface area contributed by atoms with Gasteiger partial charge in [-0.1, -0.05) is 13.8 Å². The van der Waals surface area contributed by atoms with Gasteiger partial charge in [-0.15, -0.1) is 0 Å². The predicted molar refractivity (Wildman–Crippen MR) is 70.7 cm³/mol. The summed E-state index contributed by atoms with van der Waals surface area (Å²) >= 11 is 0. The highest BCUT2D eigenvalue weighted by Crippen LogP contribution is 2.31. The first kappa shape index (κ1) is 13.8. The van der Waals surface area contributed by atoms with Crippen LogP contribution in [-0.4, -0.2) is 6.04 Å². The number of rotatable bonds is 2. The van der Waals surface area contributed by atoms with Gasteiger partial charge in [0.05, 0.1) is 11.3 Å². The lowest BCUT2D eigenvalue weighted by molar-refractivity contribution is 0.276. The molecule has 3 atom stereocenters. The SMILES string of the molecule is CC1CCC(Nc2ccc(C#N)c(F)c2F)C(C)C1. The van der Waals surface area contributed by atoms with Crippen molar-refractivity contribution in [3.05, 3.63) is 29.3 Å². The smallest absolute Gasteiger partial charge is 0.183 e. The number of anilines is 1. The molecule has 0 aromatic heterocycles. The Labute approximate surface area is 112 Å². The summed E-state index contributed by atoms with van der Waals surface area (Å²) < 4.78 is 27.4. The van der Waals surface area contributed by atoms with Gasteiger partial charge in [-0.2, -0.15) is 5.26 Å². The quantitative estimate of drug-likeness (QED) is 0.873. The molecule has 0 bridgehead atoms. The van der Waals surface area contributed by atoms with Crippen LogP contribution in [0.2, 0.25) is 0 Å². The highest BCUT2D eigenvalue weighted by atomic mass is 19.2. The van der Waals surface area contributed by atoms with Crippen LogP contribution in [0.1, 0.15) is 38.7 Å². The highest BCUT2D eigenvalue weighted by molar-refractivity contribution is 5.50. The van der Waals surface area contributed by atoms with Crippen LogP contribution in [-0.2, 0) is 0 Å². The molecule has 0 spiro atoms. The number of hydrogen-bond acceptors (Lipinski definition) is 2. The molecule has 1 aromatic carbocycles. The molecule has 2 nitrogen and oxygen atoms in total. The second-order valence-electron chi connectivity index (χ2n) is 5.55. The summed E-state index contributed by atoms with van der Waals surface area (Å²) in [5, 5.41) is 11.7. The van der Waals surface area contributed by atoms with Crippen molar-refractivity contribution in [1.29, 1.82) is 5.26 Å². The molecule has 2 rings (SSSR count). The van der Waals surface area contributed by atoms with Crippen molar-refractivity contribution in [2.75, 3.05) is 5.32 Å². The first-order valence-electron chi connectivity index (χ1n) is 6.67. The van der Waals surface area contributed by atoms with Crippen LogP contribution >= 0.6 is 0 Å². The summed E-state index contributed by atoms with van der Waals surface area (Å²) in [7, 11) is 0. The normalized spacial score (nSPS) is 26.8. The summed E-state index contributed by atoms with van der Waals surface area (Å²) in [4.78, 5) is 0. The Bertz CT molecular complexity index is 508. The van der Waals surface area contributed by atoms with Crippen molar-refractivity contribution in [2.45, 2.75) is 39.2 Å². The van der Waals surface area contributed by atoms with Crippen LogP contribution < -0.4 is 5.32 Å². The van der Waals surface area contributed by atoms with Crippen LogP contribution in [0.5, 0.6) is 0 Å². The number of benzene rings is 1. The fourth-order valence-electron chi connectivity index (χ4n) is 2.83. The van der Waals surface area contributed by atoms with E-state index >= 15 is 0 Å². The van der Waals surface area contributed by atoms with Crippen molar-refractivity contribution in [2.24, 2.45) is 11.8 Å². The Balaban J connectivity index is 2.16. The van der Waals surface area contributed by atoms with Gasteiger partial charge in [-0.05, 0) is 43.2 Å². The molecule has 0 radical (unpaired) electrons. The predicted octanol–water partition coefficient (Wildman–Crippen LogP) is 4.07. The maximum atomic E-state index is 13.8. The van der Waals surface area contributed by atoms with Gasteiger partial charge in [0.25, 0.3) is 0 Å². The van der Waals surface area contributed by atoms with Crippen LogP contribution in [0.25, 0.3) is 0 Å². The van der Waals surface area contributed by atoms with E-state index in [0.717, 1.165) is 19.3 Å². The van der Waals surface area contributed by atoms with Crippen LogP contribution in [0, 0.1) is 34.8 Å². The third-order valence-corrected chi connectivity index (χ3v) is 3.98. The minimum absolute atomic E-state index is 0.155. The minimum atomic E-state index is -1.07. The topological polar surface area (TPSA) is 35.8 Å². The van der Waals surface area contributed by atoms with E-state index < -0.39 is 11.6 Å². The second-order valence-corrected chi connectivity index (χ2v) is 5.55. The van der Waals surface area contributed by atoms with Gasteiger partial charge in [0, 0.05) is 6.04 Å². The van der Waals surface area contributed by atoms with Gasteiger partial charge in [0.15, 0.2) is 11.6 Å². The maximum Gasteiger partial charge on any atom is 0.183 e. The van der Waals surface area contributed by atoms with Crippen LogP contribution in [0.3, 0.4) is 0 Å². The molecule has 1 aliphatic carbocycles. The van der Waals surface area contributed by atoms with Crippen molar-refractivity contribution in [3.8, 4) is 6.07 Å². The molecular formula is C15H18F2N2. The van der Waals surface area contributed by atoms with E-state index in [1.165, 1.54) is 12.1 Å². The summed E-state index contributed by atoms with van der Waals surface area (Å²) in [6.07, 6.45) is 3.16. The van der Waals surface area contributed by atoms with E-state index in [0.29, 0.717) is 11.8 Å². The molecule has 1 saturated carbocycles. The Kier molecular flexibility index (Phi) is 4.04. The molecule has 1 aromatic rings. The van der Waals surface area contributed by atoms with Crippen molar-refractivity contribution in [3.63, 3.8) is 0 Å². The Morgan fingerprint density at radius 1 is 1.21 bits per heavy atom. The van der Waals surface area contributed by atoms with Crippen LogP contribution in [0.4, 0.5) is 14.5 Å². The lowest BCUT2D eigenvalue weighted by atomic mass is 9.80. The van der Waals surface area contributed by atoms with Gasteiger partial charge in [-0.25, -0.2) is 8.78 Å². The average molecular weight is 264 g/mol. The van der Waals surface area contributed by atoms with Gasteiger partial charge in [-0.3, -0.25) is 0 Å². The fraction of sp³-hybridized carbons (Fsp3) is 0.533. The first-order valence-corrected chi connectivity index (χ1v) is 6.67. The molecule has 0 aliphatic heterocycles. The van der Waals surface area contributed by atoms with Crippen molar-refractivity contribution >= 4 is 5.69 Å². The van der Waals surface area contributed by atoms with E-state index in [4.69, 9.17) is 5.26 Å². The van der Waals surface area contributed by atoms with E-state index in [2.05, 4.69) is 19.2 Å². The molecule has 102 valence electrons. The lowest BCUT2D eigenvalue weighted by Gasteiger charge is -2.33. The zero-order chi connectivity index (χ0) is 14.0. The zero-order valence-corrected chi connectivity index (χ0v) is 11.2. The Hall–Kier alpha value is -1.63. The molecule has 1 aliphatic rings. The van der Waals surface area contributed by atoms with Gasteiger partial charge >= 0.3 is 0 Å². The first-order chi connectivity index (χ1) is 9.02. The molecule has 0 saturated heterocycles.